The van der Waals surface area contributed by atoms with E-state index in [4.69, 9.17) is 5.73 Å². The molecule has 2 N–H and O–H groups in total. The number of rotatable bonds is 4. The number of benzene rings is 1. The predicted molar refractivity (Wildman–Crippen MR) is 66.1 cm³/mol. The third-order valence-electron chi connectivity index (χ3n) is 3.24. The van der Waals surface area contributed by atoms with Crippen LogP contribution in [-0.2, 0) is 0 Å². The molecule has 3 atom stereocenters. The molecule has 19 heavy (non-hydrogen) atoms. The van der Waals surface area contributed by atoms with Gasteiger partial charge in [0, 0.05) is 17.6 Å². The molecule has 0 saturated heterocycles. The van der Waals surface area contributed by atoms with E-state index in [9.17, 15) is 17.6 Å². The zero-order chi connectivity index (χ0) is 14.8. The summed E-state index contributed by atoms with van der Waals surface area (Å²) in [6.07, 6.45) is -4.46. The molecule has 0 fully saturated rings. The van der Waals surface area contributed by atoms with Crippen LogP contribution in [0.25, 0.3) is 0 Å². The van der Waals surface area contributed by atoms with Crippen LogP contribution in [0.3, 0.4) is 0 Å². The standard InChI is InChI=1S/C13H18F4N2/c1-8(18)12(13(15,16)17)19(3)9(2)10-6-4-5-7-11(10)14/h4-9,12H,18H2,1-3H3. The normalized spacial score (nSPS) is 17.3. The highest BCUT2D eigenvalue weighted by Crippen LogP contribution is 2.32. The van der Waals surface area contributed by atoms with Crippen LogP contribution in [0.15, 0.2) is 24.3 Å². The summed E-state index contributed by atoms with van der Waals surface area (Å²) in [6.45, 7) is 2.82. The maximum atomic E-state index is 13.6. The van der Waals surface area contributed by atoms with Crippen molar-refractivity contribution in [1.82, 2.24) is 4.90 Å². The Bertz CT molecular complexity index is 417. The first kappa shape index (κ1) is 15.9. The maximum absolute atomic E-state index is 13.6. The first-order chi connectivity index (χ1) is 8.66. The monoisotopic (exact) mass is 278 g/mol. The van der Waals surface area contributed by atoms with Crippen molar-refractivity contribution in [2.45, 2.75) is 38.1 Å². The van der Waals surface area contributed by atoms with Gasteiger partial charge < -0.3 is 5.73 Å². The van der Waals surface area contributed by atoms with Crippen LogP contribution < -0.4 is 5.73 Å². The largest absolute Gasteiger partial charge is 0.405 e. The maximum Gasteiger partial charge on any atom is 0.405 e. The quantitative estimate of drug-likeness (QED) is 0.858. The van der Waals surface area contributed by atoms with Crippen molar-refractivity contribution < 1.29 is 17.6 Å². The van der Waals surface area contributed by atoms with Crippen molar-refractivity contribution in [3.63, 3.8) is 0 Å². The molecule has 6 heteroatoms. The summed E-state index contributed by atoms with van der Waals surface area (Å²) >= 11 is 0. The van der Waals surface area contributed by atoms with E-state index in [2.05, 4.69) is 0 Å². The van der Waals surface area contributed by atoms with Gasteiger partial charge in [0.1, 0.15) is 11.9 Å². The molecular weight excluding hydrogens is 260 g/mol. The Hall–Kier alpha value is -1.14. The zero-order valence-electron chi connectivity index (χ0n) is 11.1. The van der Waals surface area contributed by atoms with Crippen molar-refractivity contribution in [1.29, 1.82) is 0 Å². The van der Waals surface area contributed by atoms with E-state index < -0.39 is 30.1 Å². The molecule has 108 valence electrons. The predicted octanol–water partition coefficient (Wildman–Crippen LogP) is 3.10. The smallest absolute Gasteiger partial charge is 0.326 e. The van der Waals surface area contributed by atoms with Crippen molar-refractivity contribution in [3.8, 4) is 0 Å². The number of hydrogen-bond acceptors (Lipinski definition) is 2. The van der Waals surface area contributed by atoms with Crippen LogP contribution in [0.2, 0.25) is 0 Å². The molecule has 0 saturated carbocycles. The Morgan fingerprint density at radius 1 is 1.16 bits per heavy atom. The van der Waals surface area contributed by atoms with E-state index in [1.165, 1.54) is 39.1 Å². The van der Waals surface area contributed by atoms with Gasteiger partial charge in [-0.05, 0) is 27.0 Å². The number of nitrogens with zero attached hydrogens (tertiary/aromatic N) is 1. The fourth-order valence-electron chi connectivity index (χ4n) is 2.17. The third-order valence-corrected chi connectivity index (χ3v) is 3.24. The highest BCUT2D eigenvalue weighted by Gasteiger charge is 2.46. The Balaban J connectivity index is 3.04. The minimum absolute atomic E-state index is 0.222. The van der Waals surface area contributed by atoms with E-state index in [0.717, 1.165) is 4.90 Å². The molecule has 0 heterocycles. The molecule has 3 unspecified atom stereocenters. The lowest BCUT2D eigenvalue weighted by Crippen LogP contribution is -2.54. The van der Waals surface area contributed by atoms with Crippen LogP contribution >= 0.6 is 0 Å². The molecule has 0 amide bonds. The minimum atomic E-state index is -4.46. The molecule has 0 bridgehead atoms. The van der Waals surface area contributed by atoms with Crippen LogP contribution in [0.1, 0.15) is 25.5 Å². The molecule has 0 aliphatic rings. The number of nitrogens with two attached hydrogens (primary N) is 1. The second-order valence-electron chi connectivity index (χ2n) is 4.71. The van der Waals surface area contributed by atoms with E-state index in [-0.39, 0.29) is 5.56 Å². The van der Waals surface area contributed by atoms with Crippen molar-refractivity contribution in [3.05, 3.63) is 35.6 Å². The molecule has 1 rings (SSSR count). The van der Waals surface area contributed by atoms with Crippen molar-refractivity contribution in [2.75, 3.05) is 7.05 Å². The summed E-state index contributed by atoms with van der Waals surface area (Å²) in [5.74, 6) is -0.521. The summed E-state index contributed by atoms with van der Waals surface area (Å²) in [5.41, 5.74) is 5.64. The van der Waals surface area contributed by atoms with Gasteiger partial charge in [-0.2, -0.15) is 13.2 Å². The van der Waals surface area contributed by atoms with Gasteiger partial charge in [-0.25, -0.2) is 4.39 Å². The third kappa shape index (κ3) is 3.67. The van der Waals surface area contributed by atoms with Gasteiger partial charge in [-0.15, -0.1) is 0 Å². The van der Waals surface area contributed by atoms with Crippen molar-refractivity contribution in [2.24, 2.45) is 5.73 Å². The fourth-order valence-corrected chi connectivity index (χ4v) is 2.17. The number of alkyl halides is 3. The van der Waals surface area contributed by atoms with Crippen LogP contribution in [-0.4, -0.2) is 30.2 Å². The van der Waals surface area contributed by atoms with Gasteiger partial charge in [0.15, 0.2) is 0 Å². The topological polar surface area (TPSA) is 29.3 Å². The van der Waals surface area contributed by atoms with E-state index in [0.29, 0.717) is 0 Å². The Morgan fingerprint density at radius 2 is 1.68 bits per heavy atom. The number of halogens is 4. The van der Waals surface area contributed by atoms with Crippen LogP contribution in [0, 0.1) is 5.82 Å². The number of likely N-dealkylation sites (N-methyl/N-ethyl adjacent to an activating group) is 1. The molecule has 0 aliphatic carbocycles. The Labute approximate surface area is 110 Å². The lowest BCUT2D eigenvalue weighted by molar-refractivity contribution is -0.189. The average Bonchev–Trinajstić information content (AvgIpc) is 2.26. The van der Waals surface area contributed by atoms with E-state index in [1.807, 2.05) is 0 Å². The summed E-state index contributed by atoms with van der Waals surface area (Å²) in [4.78, 5) is 1.06. The molecule has 0 aromatic heterocycles. The summed E-state index contributed by atoms with van der Waals surface area (Å²) < 4.78 is 52.6. The molecule has 1 aromatic rings. The van der Waals surface area contributed by atoms with Gasteiger partial charge in [-0.3, -0.25) is 4.90 Å². The van der Waals surface area contributed by atoms with Gasteiger partial charge in [0.25, 0.3) is 0 Å². The van der Waals surface area contributed by atoms with Gasteiger partial charge in [0.05, 0.1) is 0 Å². The molecule has 0 aliphatic heterocycles. The van der Waals surface area contributed by atoms with Gasteiger partial charge >= 0.3 is 6.18 Å². The highest BCUT2D eigenvalue weighted by molar-refractivity contribution is 5.21. The highest BCUT2D eigenvalue weighted by atomic mass is 19.4. The summed E-state index contributed by atoms with van der Waals surface area (Å²) in [7, 11) is 1.30. The lowest BCUT2D eigenvalue weighted by atomic mass is 10.0. The molecule has 0 spiro atoms. The molecular formula is C13H18F4N2. The Kier molecular flexibility index (Phi) is 4.92. The molecule has 2 nitrogen and oxygen atoms in total. The van der Waals surface area contributed by atoms with E-state index in [1.54, 1.807) is 6.07 Å². The van der Waals surface area contributed by atoms with E-state index >= 15 is 0 Å². The summed E-state index contributed by atoms with van der Waals surface area (Å²) in [5, 5.41) is 0. The first-order valence-corrected chi connectivity index (χ1v) is 5.95. The molecule has 1 aromatic carbocycles. The van der Waals surface area contributed by atoms with Crippen molar-refractivity contribution >= 4 is 0 Å². The zero-order valence-corrected chi connectivity index (χ0v) is 11.1. The van der Waals surface area contributed by atoms with Gasteiger partial charge in [0.2, 0.25) is 0 Å². The fraction of sp³-hybridized carbons (Fsp3) is 0.538. The van der Waals surface area contributed by atoms with Crippen LogP contribution in [0.4, 0.5) is 17.6 Å². The van der Waals surface area contributed by atoms with Gasteiger partial charge in [-0.1, -0.05) is 18.2 Å². The average molecular weight is 278 g/mol. The first-order valence-electron chi connectivity index (χ1n) is 5.95. The second kappa shape index (κ2) is 5.88. The molecule has 0 radical (unpaired) electrons. The summed E-state index contributed by atoms with van der Waals surface area (Å²) in [6, 6.07) is 2.16. The van der Waals surface area contributed by atoms with Crippen LogP contribution in [0.5, 0.6) is 0 Å². The number of hydrogen-bond donors (Lipinski definition) is 1. The SMILES string of the molecule is CC(N)C(N(C)C(C)c1ccccc1F)C(F)(F)F. The minimum Gasteiger partial charge on any atom is -0.326 e. The second-order valence-corrected chi connectivity index (χ2v) is 4.71. The lowest BCUT2D eigenvalue weighted by Gasteiger charge is -2.36. The Morgan fingerprint density at radius 3 is 2.11 bits per heavy atom.